The molecule has 1 saturated carbocycles. The molecular weight excluding hydrogens is 427 g/mol. The number of hydrogen-bond donors (Lipinski definition) is 0. The molecule has 2 aliphatic rings. The maximum atomic E-state index is 12.8. The Morgan fingerprint density at radius 1 is 1.13 bits per heavy atom. The van der Waals surface area contributed by atoms with Crippen molar-refractivity contribution in [2.45, 2.75) is 51.4 Å². The van der Waals surface area contributed by atoms with Crippen LogP contribution in [0.2, 0.25) is 0 Å². The van der Waals surface area contributed by atoms with Crippen molar-refractivity contribution in [2.75, 3.05) is 11.4 Å². The molecule has 0 amide bonds. The van der Waals surface area contributed by atoms with E-state index in [-0.39, 0.29) is 6.54 Å². The maximum Gasteiger partial charge on any atom is 0.425 e. The predicted octanol–water partition coefficient (Wildman–Crippen LogP) is 3.91. The van der Waals surface area contributed by atoms with E-state index in [1.807, 2.05) is 4.90 Å². The molecule has 1 aliphatic carbocycles. The number of aryl methyl sites for hydroxylation is 1. The van der Waals surface area contributed by atoms with Crippen LogP contribution in [0.15, 0.2) is 29.1 Å². The number of hydrogen-bond acceptors (Lipinski definition) is 6. The van der Waals surface area contributed by atoms with Crippen molar-refractivity contribution in [1.82, 2.24) is 19.5 Å². The number of thiophene rings is 1. The van der Waals surface area contributed by atoms with Gasteiger partial charge in [-0.15, -0.1) is 11.3 Å². The molecule has 0 saturated heterocycles. The van der Waals surface area contributed by atoms with E-state index in [1.54, 1.807) is 6.92 Å². The van der Waals surface area contributed by atoms with Gasteiger partial charge in [0.2, 0.25) is 5.95 Å². The lowest BCUT2D eigenvalue weighted by Crippen LogP contribution is -2.36. The lowest BCUT2D eigenvalue weighted by molar-refractivity contribution is -0.134. The average molecular weight is 447 g/mol. The van der Waals surface area contributed by atoms with Gasteiger partial charge in [0.05, 0.1) is 6.54 Å². The molecule has 0 unspecified atom stereocenters. The molecule has 3 aromatic heterocycles. The minimum absolute atomic E-state index is 0.0163. The van der Waals surface area contributed by atoms with Gasteiger partial charge in [0.1, 0.15) is 10.7 Å². The van der Waals surface area contributed by atoms with Crippen LogP contribution in [0.25, 0.3) is 0 Å². The van der Waals surface area contributed by atoms with Crippen molar-refractivity contribution < 1.29 is 13.2 Å². The fourth-order valence-electron chi connectivity index (χ4n) is 3.82. The summed E-state index contributed by atoms with van der Waals surface area (Å²) >= 11 is 0.626. The van der Waals surface area contributed by atoms with E-state index < -0.39 is 16.7 Å². The smallest absolute Gasteiger partial charge is 0.336 e. The predicted molar refractivity (Wildman–Crippen MR) is 110 cm³/mol. The Labute approximate surface area is 180 Å². The summed E-state index contributed by atoms with van der Waals surface area (Å²) in [6.07, 6.45) is -1.20. The van der Waals surface area contributed by atoms with E-state index in [0.717, 1.165) is 23.7 Å². The number of anilines is 1. The Morgan fingerprint density at radius 3 is 2.61 bits per heavy atom. The zero-order valence-corrected chi connectivity index (χ0v) is 17.6. The number of rotatable bonds is 4. The highest BCUT2D eigenvalue weighted by atomic mass is 32.1. The number of alkyl halides is 3. The summed E-state index contributed by atoms with van der Waals surface area (Å²) in [5.41, 5.74) is 2.87. The van der Waals surface area contributed by atoms with E-state index in [9.17, 15) is 18.0 Å². The third-order valence-corrected chi connectivity index (χ3v) is 6.80. The van der Waals surface area contributed by atoms with Gasteiger partial charge in [-0.05, 0) is 43.5 Å². The lowest BCUT2D eigenvalue weighted by Gasteiger charge is -2.28. The van der Waals surface area contributed by atoms with E-state index in [4.69, 9.17) is 4.98 Å². The SMILES string of the molecule is Cc1nc(N2CCc3nc(C4CC4)ccc3C2)nc(=O)n1Cc1ccc(C(F)(F)F)s1. The number of aromatic nitrogens is 4. The zero-order chi connectivity index (χ0) is 21.8. The number of pyridine rings is 1. The van der Waals surface area contributed by atoms with Crippen LogP contribution in [0.1, 0.15) is 51.3 Å². The summed E-state index contributed by atoms with van der Waals surface area (Å²) in [7, 11) is 0. The fourth-order valence-corrected chi connectivity index (χ4v) is 4.68. The first-order valence-electron chi connectivity index (χ1n) is 10.1. The third kappa shape index (κ3) is 4.08. The third-order valence-electron chi connectivity index (χ3n) is 5.68. The fraction of sp³-hybridized carbons (Fsp3) is 0.429. The van der Waals surface area contributed by atoms with Gasteiger partial charge in [0.15, 0.2) is 0 Å². The zero-order valence-electron chi connectivity index (χ0n) is 16.8. The van der Waals surface area contributed by atoms with Gasteiger partial charge >= 0.3 is 11.9 Å². The molecule has 0 bridgehead atoms. The minimum Gasteiger partial charge on any atom is -0.336 e. The monoisotopic (exact) mass is 447 g/mol. The van der Waals surface area contributed by atoms with Crippen molar-refractivity contribution in [2.24, 2.45) is 0 Å². The van der Waals surface area contributed by atoms with Crippen molar-refractivity contribution >= 4 is 17.3 Å². The molecule has 31 heavy (non-hydrogen) atoms. The van der Waals surface area contributed by atoms with Crippen molar-refractivity contribution in [3.63, 3.8) is 0 Å². The number of fused-ring (bicyclic) bond motifs is 1. The summed E-state index contributed by atoms with van der Waals surface area (Å²) in [5.74, 6) is 1.38. The number of halogens is 3. The molecule has 6 nitrogen and oxygen atoms in total. The lowest BCUT2D eigenvalue weighted by atomic mass is 10.0. The molecule has 0 aromatic carbocycles. The van der Waals surface area contributed by atoms with Gasteiger partial charge in [-0.1, -0.05) is 6.07 Å². The molecule has 10 heteroatoms. The molecule has 162 valence electrons. The highest BCUT2D eigenvalue weighted by Crippen LogP contribution is 2.39. The van der Waals surface area contributed by atoms with Crippen molar-refractivity contribution in [1.29, 1.82) is 0 Å². The molecular formula is C21H20F3N5OS. The van der Waals surface area contributed by atoms with Crippen LogP contribution >= 0.6 is 11.3 Å². The normalized spacial score (nSPS) is 16.5. The standard InChI is InChI=1S/C21H20F3N5OS/c1-12-25-19(27-20(30)29(12)11-15-5-7-18(31-15)21(22,23)24)28-9-8-17-14(10-28)4-6-16(26-17)13-2-3-13/h4-7,13H,2-3,8-11H2,1H3. The van der Waals surface area contributed by atoms with Crippen molar-refractivity contribution in [3.8, 4) is 0 Å². The summed E-state index contributed by atoms with van der Waals surface area (Å²) in [6, 6.07) is 6.60. The molecule has 5 rings (SSSR count). The van der Waals surface area contributed by atoms with E-state index in [1.165, 1.54) is 29.2 Å². The van der Waals surface area contributed by atoms with Crippen molar-refractivity contribution in [3.05, 3.63) is 67.3 Å². The largest absolute Gasteiger partial charge is 0.425 e. The van der Waals surface area contributed by atoms with Crippen LogP contribution in [-0.4, -0.2) is 26.1 Å². The minimum atomic E-state index is -4.39. The molecule has 1 fully saturated rings. The first-order valence-corrected chi connectivity index (χ1v) is 10.9. The Bertz CT molecular complexity index is 1200. The molecule has 4 heterocycles. The highest BCUT2D eigenvalue weighted by Gasteiger charge is 2.32. The molecule has 0 N–H and O–H groups in total. The second kappa shape index (κ2) is 7.44. The molecule has 0 atom stereocenters. The summed E-state index contributed by atoms with van der Waals surface area (Å²) in [4.78, 5) is 27.7. The Morgan fingerprint density at radius 2 is 1.94 bits per heavy atom. The quantitative estimate of drug-likeness (QED) is 0.607. The van der Waals surface area contributed by atoms with Gasteiger partial charge in [0.25, 0.3) is 0 Å². The molecule has 0 radical (unpaired) electrons. The first kappa shape index (κ1) is 20.2. The Kier molecular flexibility index (Phi) is 4.84. The average Bonchev–Trinajstić information content (AvgIpc) is 3.46. The topological polar surface area (TPSA) is 63.9 Å². The van der Waals surface area contributed by atoms with E-state index in [2.05, 4.69) is 22.1 Å². The second-order valence-corrected chi connectivity index (χ2v) is 9.16. The molecule has 1 aliphatic heterocycles. The van der Waals surface area contributed by atoms with Gasteiger partial charge in [-0.3, -0.25) is 9.55 Å². The van der Waals surface area contributed by atoms with Crippen LogP contribution in [0.3, 0.4) is 0 Å². The van der Waals surface area contributed by atoms with Crippen LogP contribution < -0.4 is 10.6 Å². The van der Waals surface area contributed by atoms with Gasteiger partial charge in [-0.2, -0.15) is 23.1 Å². The van der Waals surface area contributed by atoms with Gasteiger partial charge in [0, 0.05) is 41.7 Å². The van der Waals surface area contributed by atoms with Crippen LogP contribution in [0, 0.1) is 6.92 Å². The highest BCUT2D eigenvalue weighted by molar-refractivity contribution is 7.12. The first-order chi connectivity index (χ1) is 14.8. The summed E-state index contributed by atoms with van der Waals surface area (Å²) < 4.78 is 39.8. The summed E-state index contributed by atoms with van der Waals surface area (Å²) in [5, 5.41) is 0. The molecule has 3 aromatic rings. The molecule has 0 spiro atoms. The van der Waals surface area contributed by atoms with Gasteiger partial charge in [-0.25, -0.2) is 4.79 Å². The van der Waals surface area contributed by atoms with E-state index >= 15 is 0 Å². The maximum absolute atomic E-state index is 12.8. The van der Waals surface area contributed by atoms with Gasteiger partial charge < -0.3 is 4.90 Å². The second-order valence-electron chi connectivity index (χ2n) is 7.99. The summed E-state index contributed by atoms with van der Waals surface area (Å²) in [6.45, 7) is 2.93. The Balaban J connectivity index is 1.35. The van der Waals surface area contributed by atoms with Crippen LogP contribution in [-0.2, 0) is 25.7 Å². The van der Waals surface area contributed by atoms with Crippen LogP contribution in [0.4, 0.5) is 19.1 Å². The number of nitrogens with zero attached hydrogens (tertiary/aromatic N) is 5. The Hall–Kier alpha value is -2.75. The van der Waals surface area contributed by atoms with Crippen LogP contribution in [0.5, 0.6) is 0 Å². The van der Waals surface area contributed by atoms with E-state index in [0.29, 0.717) is 47.0 Å².